The number of amides is 5. The Kier molecular flexibility index (Phi) is 12.9. The molecule has 3 aliphatic carbocycles. The lowest BCUT2D eigenvalue weighted by molar-refractivity contribution is -0.152. The smallest absolute Gasteiger partial charge is 0.384 e. The van der Waals surface area contributed by atoms with Crippen molar-refractivity contribution in [2.75, 3.05) is 62.6 Å². The Morgan fingerprint density at radius 2 is 1.62 bits per heavy atom. The Morgan fingerprint density at radius 3 is 2.30 bits per heavy atom. The molecule has 2 aromatic carbocycles. The number of carbonyl (C=O) groups excluding carboxylic acids is 5. The van der Waals surface area contributed by atoms with Crippen LogP contribution in [0, 0.1) is 22.6 Å². The van der Waals surface area contributed by atoms with Crippen LogP contribution in [0.1, 0.15) is 130 Å². The van der Waals surface area contributed by atoms with Gasteiger partial charge in [0.2, 0.25) is 23.6 Å². The minimum atomic E-state index is -4.67. The maximum absolute atomic E-state index is 16.4. The Morgan fingerprint density at radius 1 is 0.905 bits per heavy atom. The summed E-state index contributed by atoms with van der Waals surface area (Å²) in [5.74, 6) is -2.02. The van der Waals surface area contributed by atoms with Gasteiger partial charge in [-0.1, -0.05) is 44.5 Å². The first-order chi connectivity index (χ1) is 35.2. The van der Waals surface area contributed by atoms with Crippen LogP contribution in [0.2, 0.25) is 5.02 Å². The minimum absolute atomic E-state index is 0.108. The zero-order valence-corrected chi connectivity index (χ0v) is 43.1. The quantitative estimate of drug-likeness (QED) is 0.128. The molecule has 14 nitrogen and oxygen atoms in total. The fourth-order valence-electron chi connectivity index (χ4n) is 14.3. The van der Waals surface area contributed by atoms with Crippen molar-refractivity contribution in [1.29, 1.82) is 0 Å². The number of alkyl halides is 3. The summed E-state index contributed by atoms with van der Waals surface area (Å²) in [7, 11) is 0. The molecule has 3 saturated carbocycles. The predicted molar refractivity (Wildman–Crippen MR) is 270 cm³/mol. The van der Waals surface area contributed by atoms with E-state index in [1.807, 2.05) is 12.1 Å². The van der Waals surface area contributed by atoms with E-state index in [4.69, 9.17) is 11.6 Å². The SMILES string of the molecule is CC(C)(C)C[C@@H]1N[C@@H](C(=O)NC23CCC(C(=O)N4CCC(CN5CCN(c6ccc7c(c6)CN(C6CCC(=O)NC6=O)C7=O)CC5)CC4)(CC2)CC3)[C@H](c2cccc(Cl)c2F)[C@]12CNc1cc(C(F)(F)F)ncc12. The third-order valence-electron chi connectivity index (χ3n) is 18.3. The molecule has 5 atom stereocenters. The first-order valence-corrected chi connectivity index (χ1v) is 26.9. The van der Waals surface area contributed by atoms with E-state index in [1.165, 1.54) is 12.3 Å². The maximum Gasteiger partial charge on any atom is 0.433 e. The van der Waals surface area contributed by atoms with Crippen LogP contribution in [0.15, 0.2) is 48.7 Å². The van der Waals surface area contributed by atoms with Crippen LogP contribution in [0.5, 0.6) is 0 Å². The average Bonchev–Trinajstić information content (AvgIpc) is 4.03. The number of hydrogen-bond donors (Lipinski definition) is 4. The van der Waals surface area contributed by atoms with Crippen LogP contribution >= 0.6 is 11.6 Å². The van der Waals surface area contributed by atoms with E-state index in [0.29, 0.717) is 88.0 Å². The van der Waals surface area contributed by atoms with E-state index in [-0.39, 0.29) is 58.3 Å². The molecule has 6 aliphatic heterocycles. The van der Waals surface area contributed by atoms with Crippen molar-refractivity contribution >= 4 is 52.5 Å². The Labute approximate surface area is 434 Å². The van der Waals surface area contributed by atoms with Crippen LogP contribution in [0.25, 0.3) is 0 Å². The number of nitrogens with one attached hydrogen (secondary N) is 4. The molecule has 1 aromatic heterocycles. The number of fused-ring (bicyclic) bond motifs is 6. The lowest BCUT2D eigenvalue weighted by atomic mass is 9.56. The van der Waals surface area contributed by atoms with E-state index in [2.05, 4.69) is 67.8 Å². The molecule has 1 spiro atoms. The molecule has 7 heterocycles. The summed E-state index contributed by atoms with van der Waals surface area (Å²) in [5, 5.41) is 12.6. The fraction of sp³-hybridized carbons (Fsp3) is 0.600. The molecule has 12 rings (SSSR count). The highest BCUT2D eigenvalue weighted by molar-refractivity contribution is 6.30. The van der Waals surface area contributed by atoms with Gasteiger partial charge in [0.1, 0.15) is 17.6 Å². The van der Waals surface area contributed by atoms with Gasteiger partial charge in [-0.05, 0) is 117 Å². The lowest BCUT2D eigenvalue weighted by Gasteiger charge is -2.54. The summed E-state index contributed by atoms with van der Waals surface area (Å²) in [6.45, 7) is 12.6. The van der Waals surface area contributed by atoms with Crippen molar-refractivity contribution in [2.45, 2.75) is 139 Å². The summed E-state index contributed by atoms with van der Waals surface area (Å²) in [5.41, 5.74) is 0.130. The molecule has 4 N–H and O–H groups in total. The molecule has 7 fully saturated rings. The first-order valence-electron chi connectivity index (χ1n) is 26.5. The number of imide groups is 1. The van der Waals surface area contributed by atoms with Gasteiger partial charge >= 0.3 is 6.18 Å². The first kappa shape index (κ1) is 50.8. The van der Waals surface area contributed by atoms with Crippen molar-refractivity contribution < 1.29 is 41.5 Å². The molecular weight excluding hydrogens is 978 g/mol. The largest absolute Gasteiger partial charge is 0.433 e. The number of anilines is 2. The normalized spacial score (nSPS) is 30.4. The van der Waals surface area contributed by atoms with Gasteiger partial charge in [-0.2, -0.15) is 13.2 Å². The van der Waals surface area contributed by atoms with Gasteiger partial charge in [0.25, 0.3) is 5.91 Å². The monoisotopic (exact) mass is 1040 g/mol. The molecular formula is C55H66ClF4N9O5. The molecule has 9 aliphatic rings. The van der Waals surface area contributed by atoms with Crippen LogP contribution < -0.4 is 26.2 Å². The van der Waals surface area contributed by atoms with Gasteiger partial charge in [-0.25, -0.2) is 4.39 Å². The molecule has 396 valence electrons. The number of hydrogen-bond acceptors (Lipinski definition) is 10. The van der Waals surface area contributed by atoms with Crippen molar-refractivity contribution in [3.8, 4) is 0 Å². The molecule has 4 saturated heterocycles. The molecule has 1 unspecified atom stereocenters. The van der Waals surface area contributed by atoms with E-state index >= 15 is 9.18 Å². The van der Waals surface area contributed by atoms with Crippen LogP contribution in [0.3, 0.4) is 0 Å². The van der Waals surface area contributed by atoms with Gasteiger partial charge in [-0.15, -0.1) is 0 Å². The number of nitrogens with zero attached hydrogens (tertiary/aromatic N) is 5. The number of carbonyl (C=O) groups is 5. The van der Waals surface area contributed by atoms with Crippen molar-refractivity contribution in [1.82, 2.24) is 35.6 Å². The van der Waals surface area contributed by atoms with E-state index in [9.17, 15) is 32.3 Å². The van der Waals surface area contributed by atoms with Gasteiger partial charge in [0.05, 0.1) is 11.1 Å². The fourth-order valence-corrected chi connectivity index (χ4v) is 14.5. The van der Waals surface area contributed by atoms with E-state index in [1.54, 1.807) is 17.0 Å². The number of halogens is 5. The average molecular weight is 1040 g/mol. The van der Waals surface area contributed by atoms with E-state index < -0.39 is 64.0 Å². The molecule has 19 heteroatoms. The Bertz CT molecular complexity index is 2750. The van der Waals surface area contributed by atoms with Gasteiger partial charge in [0, 0.05) is 122 Å². The molecule has 74 heavy (non-hydrogen) atoms. The predicted octanol–water partition coefficient (Wildman–Crippen LogP) is 7.15. The summed E-state index contributed by atoms with van der Waals surface area (Å²) in [4.78, 5) is 79.4. The number of rotatable bonds is 9. The molecule has 2 bridgehead atoms. The van der Waals surface area contributed by atoms with Crippen molar-refractivity contribution in [2.24, 2.45) is 16.7 Å². The number of aromatic nitrogens is 1. The maximum atomic E-state index is 16.4. The van der Waals surface area contributed by atoms with Crippen LogP contribution in [-0.4, -0.2) is 125 Å². The summed E-state index contributed by atoms with van der Waals surface area (Å²) >= 11 is 6.43. The zero-order chi connectivity index (χ0) is 52.1. The number of pyridine rings is 1. The summed E-state index contributed by atoms with van der Waals surface area (Å²) < 4.78 is 58.3. The number of piperidine rings is 2. The van der Waals surface area contributed by atoms with E-state index in [0.717, 1.165) is 62.9 Å². The van der Waals surface area contributed by atoms with Gasteiger partial charge < -0.3 is 30.7 Å². The third-order valence-corrected chi connectivity index (χ3v) is 18.6. The number of benzene rings is 2. The molecule has 0 radical (unpaired) electrons. The number of piperazine rings is 1. The second-order valence-electron chi connectivity index (χ2n) is 23.9. The summed E-state index contributed by atoms with van der Waals surface area (Å²) in [6.07, 6.45) is 3.38. The highest BCUT2D eigenvalue weighted by Gasteiger charge is 2.63. The van der Waals surface area contributed by atoms with Crippen molar-refractivity contribution in [3.05, 3.63) is 87.4 Å². The lowest BCUT2D eigenvalue weighted by Crippen LogP contribution is -2.62. The molecule has 3 aromatic rings. The number of likely N-dealkylation sites (tertiary alicyclic amines) is 1. The Hall–Kier alpha value is -5.33. The van der Waals surface area contributed by atoms with Gasteiger partial charge in [0.15, 0.2) is 0 Å². The topological polar surface area (TPSA) is 159 Å². The second-order valence-corrected chi connectivity index (χ2v) is 24.3. The Balaban J connectivity index is 0.703. The van der Waals surface area contributed by atoms with Crippen LogP contribution in [0.4, 0.5) is 28.9 Å². The molecule has 5 amide bonds. The minimum Gasteiger partial charge on any atom is -0.384 e. The second kappa shape index (κ2) is 18.7. The zero-order valence-electron chi connectivity index (χ0n) is 42.3. The van der Waals surface area contributed by atoms with Crippen molar-refractivity contribution in [3.63, 3.8) is 0 Å². The highest BCUT2D eigenvalue weighted by atomic mass is 35.5. The van der Waals surface area contributed by atoms with Crippen LogP contribution in [-0.2, 0) is 37.3 Å². The highest BCUT2D eigenvalue weighted by Crippen LogP contribution is 2.58. The summed E-state index contributed by atoms with van der Waals surface area (Å²) in [6, 6.07) is 9.59. The standard InChI is InChI=1S/C55H66ClF4N9O5/c1-51(2,3)27-42-54(31-62-39-26-41(55(58,59)60)61-28-37(39)54)44(36-5-4-6-38(56)45(36)57)46(63-42)48(72)65-53-16-13-52(14-17-53,15-18-53)50(74)68-19-11-32(12-20-68)29-66-21-23-67(24-22-66)34-7-8-35-33(25-34)30-69(49(35)73)40-9-10-43(70)64-47(40)71/h4-8,25-26,28,32,40,42,44,46,62-63H,9-24,27,29-31H2,1-3H3,(H,65,72)(H,64,70,71)/t40?,42-,44-,46+,52?,53?,54-/m0/s1. The van der Waals surface area contributed by atoms with Gasteiger partial charge in [-0.3, -0.25) is 39.2 Å². The third kappa shape index (κ3) is 9.01.